The van der Waals surface area contributed by atoms with Crippen molar-refractivity contribution in [2.75, 3.05) is 26.8 Å². The van der Waals surface area contributed by atoms with Crippen LogP contribution in [0.5, 0.6) is 0 Å². The summed E-state index contributed by atoms with van der Waals surface area (Å²) in [6.45, 7) is 2.93. The molecular formula is C16H22N2O2. The Labute approximate surface area is 120 Å². The molecule has 1 aromatic rings. The average molecular weight is 274 g/mol. The molecule has 0 bridgehead atoms. The summed E-state index contributed by atoms with van der Waals surface area (Å²) < 4.78 is 5.15. The van der Waals surface area contributed by atoms with E-state index in [1.807, 2.05) is 17.0 Å². The van der Waals surface area contributed by atoms with Crippen LogP contribution in [0.1, 0.15) is 29.9 Å². The minimum atomic E-state index is -0.0441. The van der Waals surface area contributed by atoms with Crippen molar-refractivity contribution in [3.8, 4) is 0 Å². The third-order valence-corrected chi connectivity index (χ3v) is 4.20. The van der Waals surface area contributed by atoms with E-state index in [0.717, 1.165) is 25.9 Å². The lowest BCUT2D eigenvalue weighted by molar-refractivity contribution is -0.134. The fourth-order valence-electron chi connectivity index (χ4n) is 2.97. The predicted molar refractivity (Wildman–Crippen MR) is 77.5 cm³/mol. The maximum absolute atomic E-state index is 12.9. The highest BCUT2D eigenvalue weighted by Gasteiger charge is 2.37. The number of fused-ring (bicyclic) bond motifs is 1. The first kappa shape index (κ1) is 13.6. The lowest BCUT2D eigenvalue weighted by Gasteiger charge is -2.31. The van der Waals surface area contributed by atoms with Gasteiger partial charge in [0, 0.05) is 32.8 Å². The molecule has 1 amide bonds. The van der Waals surface area contributed by atoms with E-state index >= 15 is 0 Å². The molecule has 1 unspecified atom stereocenters. The zero-order valence-corrected chi connectivity index (χ0v) is 12.0. The minimum Gasteiger partial charge on any atom is -0.383 e. The number of nitrogens with zero attached hydrogens (tertiary/aromatic N) is 1. The Morgan fingerprint density at radius 3 is 2.95 bits per heavy atom. The molecule has 0 spiro atoms. The lowest BCUT2D eigenvalue weighted by atomic mass is 9.89. The molecule has 0 aromatic heterocycles. The molecule has 1 saturated carbocycles. The van der Waals surface area contributed by atoms with E-state index in [4.69, 9.17) is 4.74 Å². The van der Waals surface area contributed by atoms with E-state index in [2.05, 4.69) is 17.4 Å². The van der Waals surface area contributed by atoms with Crippen molar-refractivity contribution >= 4 is 5.91 Å². The van der Waals surface area contributed by atoms with Crippen LogP contribution in [0.25, 0.3) is 0 Å². The van der Waals surface area contributed by atoms with Crippen LogP contribution in [0.3, 0.4) is 0 Å². The molecule has 4 nitrogen and oxygen atoms in total. The quantitative estimate of drug-likeness (QED) is 0.885. The normalized spacial score (nSPS) is 21.4. The van der Waals surface area contributed by atoms with E-state index in [9.17, 15) is 4.79 Å². The highest BCUT2D eigenvalue weighted by Crippen LogP contribution is 2.32. The topological polar surface area (TPSA) is 41.6 Å². The second-order valence-electron chi connectivity index (χ2n) is 5.64. The molecule has 4 heteroatoms. The standard InChI is InChI=1S/C16H22N2O2/c1-20-9-8-18(13-6-7-13)16(19)15-11-17-10-12-4-2-3-5-14(12)15/h2-5,13,15,17H,6-11H2,1H3. The molecule has 1 aromatic carbocycles. The van der Waals surface area contributed by atoms with Gasteiger partial charge in [0.25, 0.3) is 0 Å². The van der Waals surface area contributed by atoms with Gasteiger partial charge in [-0.25, -0.2) is 0 Å². The summed E-state index contributed by atoms with van der Waals surface area (Å²) in [7, 11) is 1.69. The highest BCUT2D eigenvalue weighted by molar-refractivity contribution is 5.85. The number of nitrogens with one attached hydrogen (secondary N) is 1. The summed E-state index contributed by atoms with van der Waals surface area (Å²) in [5, 5.41) is 3.36. The molecule has 3 rings (SSSR count). The van der Waals surface area contributed by atoms with Crippen LogP contribution >= 0.6 is 0 Å². The maximum Gasteiger partial charge on any atom is 0.231 e. The molecule has 0 radical (unpaired) electrons. The SMILES string of the molecule is COCCN(C(=O)C1CNCc2ccccc21)C1CC1. The number of hydrogen-bond donors (Lipinski definition) is 1. The van der Waals surface area contributed by atoms with Crippen LogP contribution in [0, 0.1) is 0 Å². The van der Waals surface area contributed by atoms with E-state index in [0.29, 0.717) is 19.2 Å². The number of rotatable bonds is 5. The number of ether oxygens (including phenoxy) is 1. The lowest BCUT2D eigenvalue weighted by Crippen LogP contribution is -2.43. The Balaban J connectivity index is 1.79. The van der Waals surface area contributed by atoms with Crippen LogP contribution in [-0.4, -0.2) is 43.7 Å². The minimum absolute atomic E-state index is 0.0441. The van der Waals surface area contributed by atoms with E-state index < -0.39 is 0 Å². The first-order valence-electron chi connectivity index (χ1n) is 7.39. The van der Waals surface area contributed by atoms with Gasteiger partial charge in [-0.3, -0.25) is 4.79 Å². The molecular weight excluding hydrogens is 252 g/mol. The zero-order chi connectivity index (χ0) is 13.9. The van der Waals surface area contributed by atoms with Crippen LogP contribution in [0.4, 0.5) is 0 Å². The zero-order valence-electron chi connectivity index (χ0n) is 12.0. The molecule has 2 aliphatic rings. The Hall–Kier alpha value is -1.39. The molecule has 108 valence electrons. The second-order valence-corrected chi connectivity index (χ2v) is 5.64. The van der Waals surface area contributed by atoms with Crippen molar-refractivity contribution in [2.45, 2.75) is 31.3 Å². The Morgan fingerprint density at radius 2 is 2.20 bits per heavy atom. The molecule has 1 fully saturated rings. The Morgan fingerprint density at radius 1 is 1.40 bits per heavy atom. The van der Waals surface area contributed by atoms with Gasteiger partial charge in [0.1, 0.15) is 0 Å². The predicted octanol–water partition coefficient (Wildman–Crippen LogP) is 1.51. The Kier molecular flexibility index (Phi) is 4.03. The molecule has 1 aliphatic carbocycles. The number of methoxy groups -OCH3 is 1. The van der Waals surface area contributed by atoms with Gasteiger partial charge >= 0.3 is 0 Å². The highest BCUT2D eigenvalue weighted by atomic mass is 16.5. The third kappa shape index (κ3) is 2.72. The van der Waals surface area contributed by atoms with Crippen molar-refractivity contribution in [1.82, 2.24) is 10.2 Å². The van der Waals surface area contributed by atoms with Gasteiger partial charge in [-0.2, -0.15) is 0 Å². The first-order chi connectivity index (χ1) is 9.81. The molecule has 1 N–H and O–H groups in total. The number of benzene rings is 1. The van der Waals surface area contributed by atoms with Gasteiger partial charge in [0.05, 0.1) is 12.5 Å². The van der Waals surface area contributed by atoms with Crippen LogP contribution in [0.15, 0.2) is 24.3 Å². The fraction of sp³-hybridized carbons (Fsp3) is 0.562. The van der Waals surface area contributed by atoms with Crippen molar-refractivity contribution in [3.63, 3.8) is 0 Å². The monoisotopic (exact) mass is 274 g/mol. The van der Waals surface area contributed by atoms with Gasteiger partial charge in [0.15, 0.2) is 0 Å². The molecule has 1 heterocycles. The smallest absolute Gasteiger partial charge is 0.231 e. The molecule has 0 saturated heterocycles. The van der Waals surface area contributed by atoms with Gasteiger partial charge in [0.2, 0.25) is 5.91 Å². The summed E-state index contributed by atoms with van der Waals surface area (Å²) in [5.74, 6) is 0.210. The first-order valence-corrected chi connectivity index (χ1v) is 7.39. The number of amides is 1. The number of hydrogen-bond acceptors (Lipinski definition) is 3. The van der Waals surface area contributed by atoms with Crippen molar-refractivity contribution in [2.24, 2.45) is 0 Å². The molecule has 20 heavy (non-hydrogen) atoms. The van der Waals surface area contributed by atoms with Gasteiger partial charge in [-0.15, -0.1) is 0 Å². The fourth-order valence-corrected chi connectivity index (χ4v) is 2.97. The number of carbonyl (C=O) groups excluding carboxylic acids is 1. The summed E-state index contributed by atoms with van der Waals surface area (Å²) in [6, 6.07) is 8.71. The molecule has 1 atom stereocenters. The summed E-state index contributed by atoms with van der Waals surface area (Å²) in [6.07, 6.45) is 2.27. The molecule has 1 aliphatic heterocycles. The second kappa shape index (κ2) is 5.94. The van der Waals surface area contributed by atoms with Crippen LogP contribution < -0.4 is 5.32 Å². The van der Waals surface area contributed by atoms with Crippen molar-refractivity contribution in [3.05, 3.63) is 35.4 Å². The van der Waals surface area contributed by atoms with Gasteiger partial charge in [-0.1, -0.05) is 24.3 Å². The van der Waals surface area contributed by atoms with E-state index in [1.54, 1.807) is 7.11 Å². The Bertz CT molecular complexity index is 485. The van der Waals surface area contributed by atoms with E-state index in [1.165, 1.54) is 11.1 Å². The van der Waals surface area contributed by atoms with Crippen molar-refractivity contribution in [1.29, 1.82) is 0 Å². The van der Waals surface area contributed by atoms with E-state index in [-0.39, 0.29) is 11.8 Å². The van der Waals surface area contributed by atoms with Crippen LogP contribution in [-0.2, 0) is 16.1 Å². The van der Waals surface area contributed by atoms with Crippen LogP contribution in [0.2, 0.25) is 0 Å². The average Bonchev–Trinajstić information content (AvgIpc) is 3.31. The van der Waals surface area contributed by atoms with Gasteiger partial charge in [-0.05, 0) is 24.0 Å². The van der Waals surface area contributed by atoms with Crippen molar-refractivity contribution < 1.29 is 9.53 Å². The third-order valence-electron chi connectivity index (χ3n) is 4.20. The summed E-state index contributed by atoms with van der Waals surface area (Å²) in [4.78, 5) is 14.9. The summed E-state index contributed by atoms with van der Waals surface area (Å²) >= 11 is 0. The maximum atomic E-state index is 12.9. The van der Waals surface area contributed by atoms with Gasteiger partial charge < -0.3 is 15.0 Å². The number of carbonyl (C=O) groups is 1. The summed E-state index contributed by atoms with van der Waals surface area (Å²) in [5.41, 5.74) is 2.44. The largest absolute Gasteiger partial charge is 0.383 e.